The Bertz CT molecular complexity index is 515. The molecule has 2 amide bonds. The zero-order valence-corrected chi connectivity index (χ0v) is 11.9. The number of likely N-dealkylation sites (N-methyl/N-ethyl adjacent to an activating group) is 1. The minimum atomic E-state index is -0.618. The van der Waals surface area contributed by atoms with Gasteiger partial charge in [-0.1, -0.05) is 0 Å². The van der Waals surface area contributed by atoms with E-state index in [1.54, 1.807) is 7.05 Å². The highest BCUT2D eigenvalue weighted by Crippen LogP contribution is 2.12. The number of hydrogen-bond acceptors (Lipinski definition) is 4. The maximum atomic E-state index is 13.5. The van der Waals surface area contributed by atoms with E-state index < -0.39 is 11.7 Å². The predicted octanol–water partition coefficient (Wildman–Crippen LogP) is 0.161. The van der Waals surface area contributed by atoms with Crippen LogP contribution >= 0.6 is 0 Å². The van der Waals surface area contributed by atoms with Gasteiger partial charge in [-0.3, -0.25) is 19.5 Å². The molecule has 0 aliphatic carbocycles. The van der Waals surface area contributed by atoms with Gasteiger partial charge in [-0.05, 0) is 18.9 Å². The minimum Gasteiger partial charge on any atom is -0.358 e. The Morgan fingerprint density at radius 1 is 1.43 bits per heavy atom. The molecule has 6 nitrogen and oxygen atoms in total. The second-order valence-corrected chi connectivity index (χ2v) is 5.05. The molecular formula is C14H19FN4O2. The Labute approximate surface area is 122 Å². The first kappa shape index (κ1) is 15.4. The molecule has 0 unspecified atom stereocenters. The maximum Gasteiger partial charge on any atom is 0.254 e. The molecule has 114 valence electrons. The summed E-state index contributed by atoms with van der Waals surface area (Å²) in [7, 11) is 1.61. The van der Waals surface area contributed by atoms with Gasteiger partial charge in [0.25, 0.3) is 5.91 Å². The molecule has 1 aliphatic heterocycles. The Balaban J connectivity index is 1.82. The molecule has 0 radical (unpaired) electrons. The summed E-state index contributed by atoms with van der Waals surface area (Å²) in [6.07, 6.45) is 3.91. The number of aromatic nitrogens is 1. The van der Waals surface area contributed by atoms with Crippen LogP contribution in [0.4, 0.5) is 4.39 Å². The van der Waals surface area contributed by atoms with Crippen LogP contribution in [0.2, 0.25) is 0 Å². The van der Waals surface area contributed by atoms with Crippen molar-refractivity contribution in [3.63, 3.8) is 0 Å². The molecule has 1 aliphatic rings. The molecule has 1 fully saturated rings. The third kappa shape index (κ3) is 4.22. The molecule has 0 spiro atoms. The first-order valence-electron chi connectivity index (χ1n) is 6.93. The van der Waals surface area contributed by atoms with Gasteiger partial charge in [-0.25, -0.2) is 4.39 Å². The lowest BCUT2D eigenvalue weighted by molar-refractivity contribution is -0.122. The Morgan fingerprint density at radius 3 is 2.76 bits per heavy atom. The molecular weight excluding hydrogens is 275 g/mol. The van der Waals surface area contributed by atoms with Crippen LogP contribution in [0.5, 0.6) is 0 Å². The van der Waals surface area contributed by atoms with Crippen LogP contribution in [0.1, 0.15) is 23.2 Å². The zero-order chi connectivity index (χ0) is 15.2. The summed E-state index contributed by atoms with van der Waals surface area (Å²) in [5.41, 5.74) is 0.0118. The molecule has 1 saturated heterocycles. The van der Waals surface area contributed by atoms with Gasteiger partial charge < -0.3 is 10.6 Å². The van der Waals surface area contributed by atoms with Gasteiger partial charge in [0.2, 0.25) is 5.91 Å². The highest BCUT2D eigenvalue weighted by atomic mass is 19.1. The van der Waals surface area contributed by atoms with Crippen molar-refractivity contribution in [3.8, 4) is 0 Å². The molecule has 7 heteroatoms. The van der Waals surface area contributed by atoms with Gasteiger partial charge in [-0.2, -0.15) is 0 Å². The summed E-state index contributed by atoms with van der Waals surface area (Å²) in [6, 6.07) is 1.37. The quantitative estimate of drug-likeness (QED) is 0.829. The van der Waals surface area contributed by atoms with E-state index in [9.17, 15) is 14.0 Å². The third-order valence-corrected chi connectivity index (χ3v) is 3.59. The van der Waals surface area contributed by atoms with Crippen LogP contribution in [-0.4, -0.2) is 54.4 Å². The topological polar surface area (TPSA) is 74.3 Å². The number of nitrogens with zero attached hydrogens (tertiary/aromatic N) is 2. The molecule has 0 bridgehead atoms. The average Bonchev–Trinajstić information content (AvgIpc) is 2.49. The fraction of sp³-hybridized carbons (Fsp3) is 0.500. The summed E-state index contributed by atoms with van der Waals surface area (Å²) < 4.78 is 13.5. The largest absolute Gasteiger partial charge is 0.358 e. The first-order valence-corrected chi connectivity index (χ1v) is 6.93. The number of rotatable bonds is 4. The van der Waals surface area contributed by atoms with Crippen molar-refractivity contribution in [2.24, 2.45) is 0 Å². The Morgan fingerprint density at radius 2 is 2.14 bits per heavy atom. The molecule has 2 N–H and O–H groups in total. The number of carbonyl (C=O) groups is 2. The number of carbonyl (C=O) groups excluding carboxylic acids is 2. The Hall–Kier alpha value is -2.02. The fourth-order valence-corrected chi connectivity index (χ4v) is 2.34. The molecule has 0 atom stereocenters. The summed E-state index contributed by atoms with van der Waals surface area (Å²) in [4.78, 5) is 28.9. The average molecular weight is 294 g/mol. The zero-order valence-electron chi connectivity index (χ0n) is 11.9. The summed E-state index contributed by atoms with van der Waals surface area (Å²) in [5.74, 6) is -1.05. The van der Waals surface area contributed by atoms with Crippen LogP contribution < -0.4 is 10.6 Å². The standard InChI is InChI=1S/C14H19FN4O2/c1-16-13(20)9-19-6-3-10(4-7-19)18-14(21)11-2-5-17-8-12(11)15/h2,5,8,10H,3-4,6-7,9H2,1H3,(H,16,20)(H,18,21). The van der Waals surface area contributed by atoms with E-state index in [0.29, 0.717) is 6.54 Å². The van der Waals surface area contributed by atoms with Gasteiger partial charge >= 0.3 is 0 Å². The molecule has 21 heavy (non-hydrogen) atoms. The van der Waals surface area contributed by atoms with E-state index in [1.807, 2.05) is 4.90 Å². The lowest BCUT2D eigenvalue weighted by Gasteiger charge is -2.31. The van der Waals surface area contributed by atoms with Crippen molar-refractivity contribution in [1.82, 2.24) is 20.5 Å². The van der Waals surface area contributed by atoms with Crippen molar-refractivity contribution in [2.75, 3.05) is 26.7 Å². The van der Waals surface area contributed by atoms with E-state index >= 15 is 0 Å². The third-order valence-electron chi connectivity index (χ3n) is 3.59. The van der Waals surface area contributed by atoms with Crippen molar-refractivity contribution < 1.29 is 14.0 Å². The summed E-state index contributed by atoms with van der Waals surface area (Å²) in [5, 5.41) is 5.42. The van der Waals surface area contributed by atoms with E-state index in [0.717, 1.165) is 32.1 Å². The second-order valence-electron chi connectivity index (χ2n) is 5.05. The van der Waals surface area contributed by atoms with Gasteiger partial charge in [-0.15, -0.1) is 0 Å². The number of pyridine rings is 1. The molecule has 2 rings (SSSR count). The van der Waals surface area contributed by atoms with E-state index in [4.69, 9.17) is 0 Å². The van der Waals surface area contributed by atoms with Crippen LogP contribution in [0.3, 0.4) is 0 Å². The predicted molar refractivity (Wildman–Crippen MR) is 75.2 cm³/mol. The van der Waals surface area contributed by atoms with Crippen LogP contribution in [-0.2, 0) is 4.79 Å². The van der Waals surface area contributed by atoms with Crippen LogP contribution in [0.25, 0.3) is 0 Å². The van der Waals surface area contributed by atoms with Gasteiger partial charge in [0.05, 0.1) is 18.3 Å². The summed E-state index contributed by atoms with van der Waals surface area (Å²) in [6.45, 7) is 1.84. The number of amides is 2. The van der Waals surface area contributed by atoms with Crippen LogP contribution in [0, 0.1) is 5.82 Å². The highest BCUT2D eigenvalue weighted by molar-refractivity contribution is 5.94. The van der Waals surface area contributed by atoms with Gasteiger partial charge in [0.15, 0.2) is 5.82 Å². The smallest absolute Gasteiger partial charge is 0.254 e. The summed E-state index contributed by atoms with van der Waals surface area (Å²) >= 11 is 0. The second kappa shape index (κ2) is 7.12. The van der Waals surface area contributed by atoms with Gasteiger partial charge in [0.1, 0.15) is 0 Å². The number of hydrogen-bond donors (Lipinski definition) is 2. The van der Waals surface area contributed by atoms with Gasteiger partial charge in [0, 0.05) is 32.4 Å². The lowest BCUT2D eigenvalue weighted by atomic mass is 10.0. The number of halogens is 1. The fourth-order valence-electron chi connectivity index (χ4n) is 2.34. The highest BCUT2D eigenvalue weighted by Gasteiger charge is 2.23. The van der Waals surface area contributed by atoms with E-state index in [2.05, 4.69) is 15.6 Å². The monoisotopic (exact) mass is 294 g/mol. The van der Waals surface area contributed by atoms with Crippen molar-refractivity contribution in [3.05, 3.63) is 29.8 Å². The molecule has 0 saturated carbocycles. The number of likely N-dealkylation sites (tertiary alicyclic amines) is 1. The SMILES string of the molecule is CNC(=O)CN1CCC(NC(=O)c2ccncc2F)CC1. The molecule has 2 heterocycles. The normalized spacial score (nSPS) is 16.5. The number of piperidine rings is 1. The lowest BCUT2D eigenvalue weighted by Crippen LogP contribution is -2.47. The Kier molecular flexibility index (Phi) is 5.21. The molecule has 1 aromatic heterocycles. The number of nitrogens with one attached hydrogen (secondary N) is 2. The van der Waals surface area contributed by atoms with Crippen molar-refractivity contribution in [2.45, 2.75) is 18.9 Å². The molecule has 0 aromatic carbocycles. The van der Waals surface area contributed by atoms with Crippen LogP contribution in [0.15, 0.2) is 18.5 Å². The van der Waals surface area contributed by atoms with E-state index in [1.165, 1.54) is 12.3 Å². The van der Waals surface area contributed by atoms with Crippen molar-refractivity contribution in [1.29, 1.82) is 0 Å². The van der Waals surface area contributed by atoms with E-state index in [-0.39, 0.29) is 17.5 Å². The maximum absolute atomic E-state index is 13.5. The first-order chi connectivity index (χ1) is 10.1. The van der Waals surface area contributed by atoms with Crippen molar-refractivity contribution >= 4 is 11.8 Å². The molecule has 1 aromatic rings. The minimum absolute atomic E-state index is 0.00556.